The highest BCUT2D eigenvalue weighted by atomic mass is 35.5. The van der Waals surface area contributed by atoms with Gasteiger partial charge in [0, 0.05) is 20.2 Å². The molecule has 0 aromatic carbocycles. The Balaban J connectivity index is 0.00000161. The van der Waals surface area contributed by atoms with Crippen LogP contribution in [-0.2, 0) is 9.53 Å². The monoisotopic (exact) mass is 316 g/mol. The minimum atomic E-state index is 0. The lowest BCUT2D eigenvalue weighted by Crippen LogP contribution is -2.52. The molecule has 0 spiro atoms. The zero-order valence-electron chi connectivity index (χ0n) is 13.0. The molecule has 5 heteroatoms. The summed E-state index contributed by atoms with van der Waals surface area (Å²) in [7, 11) is 1.68. The lowest BCUT2D eigenvalue weighted by molar-refractivity contribution is -0.122. The molecule has 122 valence electrons. The van der Waals surface area contributed by atoms with Crippen LogP contribution in [0.3, 0.4) is 0 Å². The van der Waals surface area contributed by atoms with Gasteiger partial charge in [0.2, 0.25) is 5.91 Å². The van der Waals surface area contributed by atoms with E-state index in [9.17, 15) is 4.79 Å². The first kappa shape index (κ1) is 17.0. The maximum absolute atomic E-state index is 11.9. The van der Waals surface area contributed by atoms with Crippen molar-refractivity contribution >= 4 is 18.3 Å². The number of nitrogens with one attached hydrogen (secondary N) is 2. The van der Waals surface area contributed by atoms with Crippen molar-refractivity contribution in [1.29, 1.82) is 0 Å². The predicted octanol–water partition coefficient (Wildman–Crippen LogP) is 1.98. The molecule has 1 amide bonds. The van der Waals surface area contributed by atoms with E-state index in [1.54, 1.807) is 7.11 Å². The van der Waals surface area contributed by atoms with Crippen LogP contribution in [0.4, 0.5) is 0 Å². The van der Waals surface area contributed by atoms with Crippen LogP contribution in [0.2, 0.25) is 0 Å². The second-order valence-electron chi connectivity index (χ2n) is 7.36. The second kappa shape index (κ2) is 7.30. The van der Waals surface area contributed by atoms with Crippen molar-refractivity contribution in [2.75, 3.05) is 33.4 Å². The summed E-state index contributed by atoms with van der Waals surface area (Å²) in [5.74, 6) is 3.01. The largest absolute Gasteiger partial charge is 0.383 e. The zero-order chi connectivity index (χ0) is 14.0. The summed E-state index contributed by atoms with van der Waals surface area (Å²) in [6, 6.07) is 0. The van der Waals surface area contributed by atoms with Gasteiger partial charge in [-0.1, -0.05) is 0 Å². The lowest BCUT2D eigenvalue weighted by Gasteiger charge is -2.56. The number of amides is 1. The molecule has 4 saturated carbocycles. The Morgan fingerprint density at radius 3 is 2.24 bits per heavy atom. The third-order valence-corrected chi connectivity index (χ3v) is 5.59. The number of rotatable bonds is 7. The van der Waals surface area contributed by atoms with Crippen molar-refractivity contribution in [3.8, 4) is 0 Å². The zero-order valence-corrected chi connectivity index (χ0v) is 13.8. The van der Waals surface area contributed by atoms with E-state index in [2.05, 4.69) is 10.6 Å². The van der Waals surface area contributed by atoms with Gasteiger partial charge in [-0.2, -0.15) is 0 Å². The first-order valence-corrected chi connectivity index (χ1v) is 8.15. The van der Waals surface area contributed by atoms with Crippen molar-refractivity contribution in [2.45, 2.75) is 38.5 Å². The molecule has 0 atom stereocenters. The van der Waals surface area contributed by atoms with Crippen molar-refractivity contribution < 1.29 is 9.53 Å². The average molecular weight is 317 g/mol. The van der Waals surface area contributed by atoms with E-state index < -0.39 is 0 Å². The number of halogens is 1. The molecule has 4 aliphatic rings. The SMILES string of the molecule is COCCNCC(=O)NCC12CC3CC(CC(C3)C1)C2.Cl. The summed E-state index contributed by atoms with van der Waals surface area (Å²) >= 11 is 0. The summed E-state index contributed by atoms with van der Waals surface area (Å²) in [4.78, 5) is 11.9. The van der Waals surface area contributed by atoms with Gasteiger partial charge in [0.25, 0.3) is 0 Å². The lowest BCUT2D eigenvalue weighted by atomic mass is 9.49. The fourth-order valence-corrected chi connectivity index (χ4v) is 5.23. The van der Waals surface area contributed by atoms with Crippen molar-refractivity contribution in [1.82, 2.24) is 10.6 Å². The van der Waals surface area contributed by atoms with Crippen molar-refractivity contribution in [3.63, 3.8) is 0 Å². The van der Waals surface area contributed by atoms with Crippen LogP contribution in [0.1, 0.15) is 38.5 Å². The van der Waals surface area contributed by atoms with Crippen LogP contribution < -0.4 is 10.6 Å². The van der Waals surface area contributed by atoms with Gasteiger partial charge >= 0.3 is 0 Å². The van der Waals surface area contributed by atoms with Gasteiger partial charge in [-0.3, -0.25) is 4.79 Å². The maximum Gasteiger partial charge on any atom is 0.233 e. The molecule has 4 fully saturated rings. The molecular formula is C16H29ClN2O2. The first-order valence-electron chi connectivity index (χ1n) is 8.15. The van der Waals surface area contributed by atoms with Gasteiger partial charge in [-0.25, -0.2) is 0 Å². The average Bonchev–Trinajstić information content (AvgIpc) is 2.40. The number of ether oxygens (including phenoxy) is 1. The Bertz CT molecular complexity index is 327. The van der Waals surface area contributed by atoms with E-state index in [1.807, 2.05) is 0 Å². The van der Waals surface area contributed by atoms with Crippen LogP contribution in [0.15, 0.2) is 0 Å². The number of carbonyl (C=O) groups excluding carboxylic acids is 1. The second-order valence-corrected chi connectivity index (χ2v) is 7.36. The molecule has 0 unspecified atom stereocenters. The third-order valence-electron chi connectivity index (χ3n) is 5.59. The molecule has 0 aromatic heterocycles. The van der Waals surface area contributed by atoms with E-state index in [0.717, 1.165) is 30.8 Å². The van der Waals surface area contributed by atoms with Gasteiger partial charge < -0.3 is 15.4 Å². The van der Waals surface area contributed by atoms with Crippen LogP contribution >= 0.6 is 12.4 Å². The Hall–Kier alpha value is -0.320. The summed E-state index contributed by atoms with van der Waals surface area (Å²) in [5.41, 5.74) is 0.441. The van der Waals surface area contributed by atoms with E-state index in [4.69, 9.17) is 4.74 Å². The summed E-state index contributed by atoms with van der Waals surface area (Å²) < 4.78 is 4.95. The molecule has 4 nitrogen and oxygen atoms in total. The Morgan fingerprint density at radius 1 is 1.14 bits per heavy atom. The number of carbonyl (C=O) groups is 1. The smallest absolute Gasteiger partial charge is 0.233 e. The standard InChI is InChI=1S/C16H28N2O2.ClH/c1-20-3-2-17-10-15(19)18-11-16-7-12-4-13(8-16)6-14(5-12)9-16;/h12-14,17H,2-11H2,1H3,(H,18,19);1H. The number of hydrogen-bond donors (Lipinski definition) is 2. The maximum atomic E-state index is 11.9. The molecule has 0 aromatic rings. The highest BCUT2D eigenvalue weighted by molar-refractivity contribution is 5.85. The van der Waals surface area contributed by atoms with Crippen LogP contribution in [0.5, 0.6) is 0 Å². The molecule has 2 N–H and O–H groups in total. The minimum absolute atomic E-state index is 0. The Morgan fingerprint density at radius 2 is 1.71 bits per heavy atom. The molecule has 4 rings (SSSR count). The van der Waals surface area contributed by atoms with E-state index in [-0.39, 0.29) is 18.3 Å². The molecule has 21 heavy (non-hydrogen) atoms. The molecule has 4 bridgehead atoms. The van der Waals surface area contributed by atoms with Gasteiger partial charge in [-0.05, 0) is 61.7 Å². The normalized spacial score (nSPS) is 36.3. The fraction of sp³-hybridized carbons (Fsp3) is 0.938. The predicted molar refractivity (Wildman–Crippen MR) is 85.6 cm³/mol. The summed E-state index contributed by atoms with van der Waals surface area (Å²) in [6.45, 7) is 2.71. The topological polar surface area (TPSA) is 50.4 Å². The van der Waals surface area contributed by atoms with E-state index >= 15 is 0 Å². The molecular weight excluding hydrogens is 288 g/mol. The molecule has 0 aliphatic heterocycles. The number of hydrogen-bond acceptors (Lipinski definition) is 3. The van der Waals surface area contributed by atoms with Crippen LogP contribution in [-0.4, -0.2) is 39.3 Å². The van der Waals surface area contributed by atoms with Gasteiger partial charge in [0.05, 0.1) is 13.2 Å². The summed E-state index contributed by atoms with van der Waals surface area (Å²) in [5, 5.41) is 6.28. The van der Waals surface area contributed by atoms with Crippen LogP contribution in [0.25, 0.3) is 0 Å². The molecule has 0 saturated heterocycles. The van der Waals surface area contributed by atoms with Crippen LogP contribution in [0, 0.1) is 23.2 Å². The molecule has 4 aliphatic carbocycles. The highest BCUT2D eigenvalue weighted by Gasteiger charge is 2.50. The Labute approximate surface area is 134 Å². The quantitative estimate of drug-likeness (QED) is 0.706. The van der Waals surface area contributed by atoms with Gasteiger partial charge in [0.15, 0.2) is 0 Å². The van der Waals surface area contributed by atoms with Gasteiger partial charge in [-0.15, -0.1) is 12.4 Å². The minimum Gasteiger partial charge on any atom is -0.383 e. The van der Waals surface area contributed by atoms with Crippen molar-refractivity contribution in [3.05, 3.63) is 0 Å². The van der Waals surface area contributed by atoms with E-state index in [1.165, 1.54) is 38.5 Å². The Kier molecular flexibility index (Phi) is 5.92. The molecule has 0 radical (unpaired) electrons. The first-order chi connectivity index (χ1) is 9.69. The highest BCUT2D eigenvalue weighted by Crippen LogP contribution is 2.59. The molecule has 0 heterocycles. The third kappa shape index (κ3) is 4.11. The summed E-state index contributed by atoms with van der Waals surface area (Å²) in [6.07, 6.45) is 8.46. The fourth-order valence-electron chi connectivity index (χ4n) is 5.23. The van der Waals surface area contributed by atoms with Gasteiger partial charge in [0.1, 0.15) is 0 Å². The number of methoxy groups -OCH3 is 1. The van der Waals surface area contributed by atoms with E-state index in [0.29, 0.717) is 18.6 Å². The van der Waals surface area contributed by atoms with Crippen molar-refractivity contribution in [2.24, 2.45) is 23.2 Å².